The predicted molar refractivity (Wildman–Crippen MR) is 83.1 cm³/mol. The van der Waals surface area contributed by atoms with E-state index in [1.54, 1.807) is 30.4 Å². The number of hydrogen-bond donors (Lipinski definition) is 1. The molecule has 1 aromatic carbocycles. The first-order valence-corrected chi connectivity index (χ1v) is 8.68. The Labute approximate surface area is 122 Å². The zero-order valence-corrected chi connectivity index (χ0v) is 12.3. The van der Waals surface area contributed by atoms with Gasteiger partial charge < -0.3 is 5.32 Å². The van der Waals surface area contributed by atoms with Crippen LogP contribution in [0.2, 0.25) is 0 Å². The van der Waals surface area contributed by atoms with Crippen LogP contribution in [0.5, 0.6) is 0 Å². The number of benzene rings is 1. The summed E-state index contributed by atoms with van der Waals surface area (Å²) in [5.74, 6) is 3.15. The van der Waals surface area contributed by atoms with Crippen LogP contribution in [0, 0.1) is 17.8 Å². The fraction of sp³-hybridized carbons (Fsp3) is 0.684. The molecule has 1 aromatic rings. The average Bonchev–Trinajstić information content (AvgIpc) is 2.45. The van der Waals surface area contributed by atoms with Gasteiger partial charge in [-0.15, -0.1) is 0 Å². The number of aryl methyl sites for hydroxylation is 1. The van der Waals surface area contributed by atoms with Gasteiger partial charge in [0.25, 0.3) is 0 Å². The molecule has 0 radical (unpaired) electrons. The van der Waals surface area contributed by atoms with Gasteiger partial charge in [0.15, 0.2) is 0 Å². The third-order valence-electron chi connectivity index (χ3n) is 6.69. The molecule has 0 atom stereocenters. The average molecular weight is 267 g/mol. The van der Waals surface area contributed by atoms with Crippen molar-refractivity contribution in [1.82, 2.24) is 0 Å². The number of nitrogens with one attached hydrogen (secondary N) is 1. The normalized spacial score (nSPS) is 41.3. The van der Waals surface area contributed by atoms with Crippen molar-refractivity contribution in [2.75, 3.05) is 11.9 Å². The molecule has 0 saturated heterocycles. The zero-order valence-electron chi connectivity index (χ0n) is 12.3. The van der Waals surface area contributed by atoms with E-state index in [1.807, 2.05) is 0 Å². The van der Waals surface area contributed by atoms with Crippen LogP contribution in [-0.4, -0.2) is 6.54 Å². The highest BCUT2D eigenvalue weighted by Gasteiger charge is 2.51. The van der Waals surface area contributed by atoms with E-state index in [-0.39, 0.29) is 0 Å². The summed E-state index contributed by atoms with van der Waals surface area (Å²) in [7, 11) is 0. The molecule has 4 saturated carbocycles. The molecular formula is C19H25N. The molecule has 6 rings (SSSR count). The lowest BCUT2D eigenvalue weighted by Gasteiger charge is -2.57. The van der Waals surface area contributed by atoms with Gasteiger partial charge in [-0.1, -0.05) is 12.1 Å². The van der Waals surface area contributed by atoms with Crippen LogP contribution in [-0.2, 0) is 11.8 Å². The standard InChI is InChI=1S/C19H25N/c1-2-16-9-17(3-4-18(16)20-5-1)19-10-13-6-14(11-19)8-15(7-13)12-19/h3-4,9,13-15,20H,1-2,5-8,10-12H2. The van der Waals surface area contributed by atoms with Crippen molar-refractivity contribution in [3.05, 3.63) is 29.3 Å². The van der Waals surface area contributed by atoms with Crippen molar-refractivity contribution >= 4 is 5.69 Å². The molecule has 1 heteroatoms. The summed E-state index contributed by atoms with van der Waals surface area (Å²) in [5.41, 5.74) is 5.26. The van der Waals surface area contributed by atoms with Crippen LogP contribution in [0.1, 0.15) is 56.1 Å². The van der Waals surface area contributed by atoms with E-state index in [4.69, 9.17) is 0 Å². The van der Waals surface area contributed by atoms with Crippen molar-refractivity contribution in [3.8, 4) is 0 Å². The van der Waals surface area contributed by atoms with Crippen molar-refractivity contribution in [1.29, 1.82) is 0 Å². The van der Waals surface area contributed by atoms with Gasteiger partial charge in [-0.05, 0) is 91.7 Å². The quantitative estimate of drug-likeness (QED) is 0.789. The van der Waals surface area contributed by atoms with Crippen LogP contribution in [0.25, 0.3) is 0 Å². The Bertz CT molecular complexity index is 509. The second kappa shape index (κ2) is 4.02. The summed E-state index contributed by atoms with van der Waals surface area (Å²) in [6.07, 6.45) is 11.7. The molecule has 4 aliphatic carbocycles. The lowest BCUT2D eigenvalue weighted by molar-refractivity contribution is -0.00521. The maximum Gasteiger partial charge on any atom is 0.0372 e. The first-order valence-electron chi connectivity index (χ1n) is 8.68. The fourth-order valence-corrected chi connectivity index (χ4v) is 6.27. The Balaban J connectivity index is 1.56. The van der Waals surface area contributed by atoms with E-state index in [9.17, 15) is 0 Å². The number of fused-ring (bicyclic) bond motifs is 1. The van der Waals surface area contributed by atoms with E-state index in [0.717, 1.165) is 24.3 Å². The van der Waals surface area contributed by atoms with Crippen LogP contribution in [0.15, 0.2) is 18.2 Å². The van der Waals surface area contributed by atoms with E-state index in [1.165, 1.54) is 37.8 Å². The van der Waals surface area contributed by atoms with E-state index in [0.29, 0.717) is 5.41 Å². The van der Waals surface area contributed by atoms with Crippen LogP contribution in [0.4, 0.5) is 5.69 Å². The molecule has 1 aliphatic heterocycles. The van der Waals surface area contributed by atoms with E-state index < -0.39 is 0 Å². The summed E-state index contributed by atoms with van der Waals surface area (Å²) < 4.78 is 0. The topological polar surface area (TPSA) is 12.0 Å². The molecule has 0 amide bonds. The van der Waals surface area contributed by atoms with Gasteiger partial charge in [-0.2, -0.15) is 0 Å². The number of anilines is 1. The van der Waals surface area contributed by atoms with Gasteiger partial charge >= 0.3 is 0 Å². The Kier molecular flexibility index (Phi) is 2.34. The first-order chi connectivity index (χ1) is 9.81. The lowest BCUT2D eigenvalue weighted by atomic mass is 9.48. The molecule has 20 heavy (non-hydrogen) atoms. The molecular weight excluding hydrogens is 242 g/mol. The van der Waals surface area contributed by atoms with Crippen LogP contribution >= 0.6 is 0 Å². The van der Waals surface area contributed by atoms with Crippen molar-refractivity contribution in [3.63, 3.8) is 0 Å². The molecule has 1 nitrogen and oxygen atoms in total. The second-order valence-corrected chi connectivity index (χ2v) is 8.10. The minimum Gasteiger partial charge on any atom is -0.385 e. The Morgan fingerprint density at radius 1 is 0.950 bits per heavy atom. The van der Waals surface area contributed by atoms with Crippen LogP contribution in [0.3, 0.4) is 0 Å². The minimum atomic E-state index is 0.571. The Morgan fingerprint density at radius 2 is 1.65 bits per heavy atom. The van der Waals surface area contributed by atoms with E-state index >= 15 is 0 Å². The summed E-state index contributed by atoms with van der Waals surface area (Å²) >= 11 is 0. The largest absolute Gasteiger partial charge is 0.385 e. The van der Waals surface area contributed by atoms with Gasteiger partial charge in [0.05, 0.1) is 0 Å². The highest BCUT2D eigenvalue weighted by molar-refractivity contribution is 5.55. The molecule has 106 valence electrons. The second-order valence-electron chi connectivity index (χ2n) is 8.10. The smallest absolute Gasteiger partial charge is 0.0372 e. The van der Waals surface area contributed by atoms with Crippen molar-refractivity contribution in [2.45, 2.75) is 56.8 Å². The lowest BCUT2D eigenvalue weighted by Crippen LogP contribution is -2.48. The molecule has 0 aromatic heterocycles. The molecule has 4 fully saturated rings. The maximum absolute atomic E-state index is 3.56. The third-order valence-corrected chi connectivity index (χ3v) is 6.69. The highest BCUT2D eigenvalue weighted by Crippen LogP contribution is 2.60. The molecule has 0 spiro atoms. The molecule has 0 unspecified atom stereocenters. The maximum atomic E-state index is 3.56. The van der Waals surface area contributed by atoms with Crippen molar-refractivity contribution in [2.24, 2.45) is 17.8 Å². The number of rotatable bonds is 1. The molecule has 1 heterocycles. The summed E-state index contributed by atoms with van der Waals surface area (Å²) in [5, 5.41) is 3.56. The Hall–Kier alpha value is -0.980. The monoisotopic (exact) mass is 267 g/mol. The van der Waals surface area contributed by atoms with Gasteiger partial charge in [0.1, 0.15) is 0 Å². The first kappa shape index (κ1) is 11.7. The van der Waals surface area contributed by atoms with Crippen LogP contribution < -0.4 is 5.32 Å². The van der Waals surface area contributed by atoms with E-state index in [2.05, 4.69) is 23.5 Å². The number of hydrogen-bond acceptors (Lipinski definition) is 1. The van der Waals surface area contributed by atoms with Crippen molar-refractivity contribution < 1.29 is 0 Å². The summed E-state index contributed by atoms with van der Waals surface area (Å²) in [4.78, 5) is 0. The summed E-state index contributed by atoms with van der Waals surface area (Å²) in [6.45, 7) is 1.16. The predicted octanol–water partition coefficient (Wildman–Crippen LogP) is 4.51. The minimum absolute atomic E-state index is 0.571. The molecule has 4 bridgehead atoms. The SMILES string of the molecule is c1cc2c(cc1C13CC4CC(CC(C4)C1)C3)CCCN2. The van der Waals surface area contributed by atoms with Gasteiger partial charge in [-0.25, -0.2) is 0 Å². The molecule has 5 aliphatic rings. The third kappa shape index (κ3) is 1.61. The summed E-state index contributed by atoms with van der Waals surface area (Å²) in [6, 6.07) is 7.42. The Morgan fingerprint density at radius 3 is 2.35 bits per heavy atom. The van der Waals surface area contributed by atoms with Gasteiger partial charge in [0.2, 0.25) is 0 Å². The fourth-order valence-electron chi connectivity index (χ4n) is 6.27. The van der Waals surface area contributed by atoms with Gasteiger partial charge in [0, 0.05) is 12.2 Å². The molecule has 1 N–H and O–H groups in total. The highest BCUT2D eigenvalue weighted by atomic mass is 14.9. The van der Waals surface area contributed by atoms with Gasteiger partial charge in [-0.3, -0.25) is 0 Å². The zero-order chi connectivity index (χ0) is 13.2.